The van der Waals surface area contributed by atoms with Gasteiger partial charge in [0.25, 0.3) is 0 Å². The first-order valence-electron chi connectivity index (χ1n) is 2.90. The molecule has 2 rings (SSSR count). The lowest BCUT2D eigenvalue weighted by Crippen LogP contribution is -2.04. The van der Waals surface area contributed by atoms with Gasteiger partial charge >= 0.3 is 0 Å². The van der Waals surface area contributed by atoms with Gasteiger partial charge in [-0.3, -0.25) is 0 Å². The van der Waals surface area contributed by atoms with Crippen LogP contribution in [0, 0.1) is 16.7 Å². The van der Waals surface area contributed by atoms with E-state index in [0.29, 0.717) is 6.10 Å². The fourth-order valence-corrected chi connectivity index (χ4v) is 1.01. The molecular weight excluding hydrogens is 102 g/mol. The molecule has 1 aliphatic heterocycles. The highest BCUT2D eigenvalue weighted by Crippen LogP contribution is 2.53. The highest BCUT2D eigenvalue weighted by molar-refractivity contribution is 5.17. The molecule has 0 spiro atoms. The van der Waals surface area contributed by atoms with Crippen LogP contribution in [0.1, 0.15) is 12.8 Å². The van der Waals surface area contributed by atoms with Gasteiger partial charge in [-0.25, -0.2) is 0 Å². The number of ether oxygens (including phenoxy) is 1. The van der Waals surface area contributed by atoms with Crippen molar-refractivity contribution in [3.63, 3.8) is 0 Å². The maximum absolute atomic E-state index is 8.54. The van der Waals surface area contributed by atoms with Crippen molar-refractivity contribution in [2.45, 2.75) is 18.9 Å². The normalized spacial score (nSPS) is 38.1. The largest absolute Gasteiger partial charge is 0.371 e. The van der Waals surface area contributed by atoms with Gasteiger partial charge in [0, 0.05) is 0 Å². The van der Waals surface area contributed by atoms with Gasteiger partial charge in [-0.05, 0) is 12.8 Å². The third-order valence-electron chi connectivity index (χ3n) is 1.96. The predicted octanol–water partition coefficient (Wildman–Crippen LogP) is 0.689. The molecule has 2 nitrogen and oxygen atoms in total. The zero-order valence-electron chi connectivity index (χ0n) is 4.55. The van der Waals surface area contributed by atoms with Crippen molar-refractivity contribution in [2.24, 2.45) is 5.41 Å². The summed E-state index contributed by atoms with van der Waals surface area (Å²) in [5.41, 5.74) is -0.0139. The summed E-state index contributed by atoms with van der Waals surface area (Å²) in [6.07, 6.45) is 2.44. The molecule has 2 aliphatic rings. The van der Waals surface area contributed by atoms with Crippen LogP contribution in [0.3, 0.4) is 0 Å². The van der Waals surface area contributed by atoms with Gasteiger partial charge in [-0.2, -0.15) is 5.26 Å². The molecule has 2 heteroatoms. The van der Waals surface area contributed by atoms with Crippen LogP contribution in [0.25, 0.3) is 0 Å². The van der Waals surface area contributed by atoms with Gasteiger partial charge < -0.3 is 4.74 Å². The Balaban J connectivity index is 2.12. The van der Waals surface area contributed by atoms with Crippen molar-refractivity contribution in [3.8, 4) is 6.07 Å². The Hall–Kier alpha value is -0.550. The van der Waals surface area contributed by atoms with Crippen LogP contribution in [-0.2, 0) is 4.74 Å². The summed E-state index contributed by atoms with van der Waals surface area (Å²) in [7, 11) is 0. The van der Waals surface area contributed by atoms with Crippen molar-refractivity contribution in [1.82, 2.24) is 0 Å². The second-order valence-corrected chi connectivity index (χ2v) is 2.59. The van der Waals surface area contributed by atoms with Gasteiger partial charge in [0.05, 0.1) is 24.2 Å². The van der Waals surface area contributed by atoms with Crippen molar-refractivity contribution < 1.29 is 4.74 Å². The fourth-order valence-electron chi connectivity index (χ4n) is 1.01. The summed E-state index contributed by atoms with van der Waals surface area (Å²) in [5, 5.41) is 8.54. The summed E-state index contributed by atoms with van der Waals surface area (Å²) >= 11 is 0. The zero-order valence-corrected chi connectivity index (χ0v) is 4.55. The van der Waals surface area contributed by atoms with Crippen LogP contribution >= 0.6 is 0 Å². The third kappa shape index (κ3) is 0.399. The fraction of sp³-hybridized carbons (Fsp3) is 0.833. The van der Waals surface area contributed by atoms with Crippen LogP contribution in [0.5, 0.6) is 0 Å². The van der Waals surface area contributed by atoms with E-state index in [-0.39, 0.29) is 5.41 Å². The molecule has 0 aromatic rings. The maximum atomic E-state index is 8.54. The molecular formula is C6H7NO. The van der Waals surface area contributed by atoms with Crippen LogP contribution in [0.2, 0.25) is 0 Å². The van der Waals surface area contributed by atoms with E-state index in [1.807, 2.05) is 0 Å². The van der Waals surface area contributed by atoms with Crippen LogP contribution in [0.15, 0.2) is 0 Å². The molecule has 1 unspecified atom stereocenters. The Morgan fingerprint density at radius 1 is 1.62 bits per heavy atom. The molecule has 0 aromatic carbocycles. The standard InChI is InChI=1S/C6H7NO/c7-4-6(1-2-6)5-3-8-5/h5H,1-3H2. The molecule has 0 bridgehead atoms. The second-order valence-electron chi connectivity index (χ2n) is 2.59. The van der Waals surface area contributed by atoms with Crippen LogP contribution in [0.4, 0.5) is 0 Å². The molecule has 2 fully saturated rings. The van der Waals surface area contributed by atoms with E-state index in [4.69, 9.17) is 10.00 Å². The van der Waals surface area contributed by atoms with Crippen molar-refractivity contribution >= 4 is 0 Å². The summed E-state index contributed by atoms with van der Waals surface area (Å²) in [6.45, 7) is 0.827. The van der Waals surface area contributed by atoms with Crippen molar-refractivity contribution in [2.75, 3.05) is 6.61 Å². The Morgan fingerprint density at radius 3 is 2.38 bits per heavy atom. The Bertz CT molecular complexity index is 150. The van der Waals surface area contributed by atoms with Gasteiger partial charge in [-0.1, -0.05) is 0 Å². The highest BCUT2D eigenvalue weighted by atomic mass is 16.6. The summed E-state index contributed by atoms with van der Waals surface area (Å²) in [5.74, 6) is 0. The second kappa shape index (κ2) is 1.06. The first-order chi connectivity index (χ1) is 3.87. The molecule has 42 valence electrons. The first kappa shape index (κ1) is 4.34. The number of rotatable bonds is 1. The van der Waals surface area contributed by atoms with Crippen molar-refractivity contribution in [3.05, 3.63) is 0 Å². The third-order valence-corrected chi connectivity index (χ3v) is 1.96. The quantitative estimate of drug-likeness (QED) is 0.464. The van der Waals surface area contributed by atoms with Gasteiger partial charge in [0.1, 0.15) is 0 Å². The molecule has 1 heterocycles. The number of epoxide rings is 1. The average Bonchev–Trinajstić information content (AvgIpc) is 2.63. The zero-order chi connectivity index (χ0) is 5.61. The van der Waals surface area contributed by atoms with Crippen LogP contribution < -0.4 is 0 Å². The van der Waals surface area contributed by atoms with Crippen molar-refractivity contribution in [1.29, 1.82) is 5.26 Å². The highest BCUT2D eigenvalue weighted by Gasteiger charge is 2.56. The number of hydrogen-bond acceptors (Lipinski definition) is 2. The lowest BCUT2D eigenvalue weighted by atomic mass is 10.1. The van der Waals surface area contributed by atoms with Gasteiger partial charge in [-0.15, -0.1) is 0 Å². The van der Waals surface area contributed by atoms with E-state index >= 15 is 0 Å². The molecule has 0 radical (unpaired) electrons. The Kier molecular flexibility index (Phi) is 0.575. The van der Waals surface area contributed by atoms with Gasteiger partial charge in [0.15, 0.2) is 0 Å². The average molecular weight is 109 g/mol. The Labute approximate surface area is 48.1 Å². The maximum Gasteiger partial charge on any atom is 0.0995 e. The lowest BCUT2D eigenvalue weighted by Gasteiger charge is -1.93. The molecule has 0 N–H and O–H groups in total. The van der Waals surface area contributed by atoms with E-state index in [1.165, 1.54) is 0 Å². The Morgan fingerprint density at radius 2 is 2.25 bits per heavy atom. The molecule has 0 aromatic heterocycles. The predicted molar refractivity (Wildman–Crippen MR) is 27.0 cm³/mol. The summed E-state index contributed by atoms with van der Waals surface area (Å²) in [6, 6.07) is 2.29. The van der Waals surface area contributed by atoms with E-state index in [1.54, 1.807) is 0 Å². The van der Waals surface area contributed by atoms with E-state index in [2.05, 4.69) is 6.07 Å². The van der Waals surface area contributed by atoms with E-state index in [0.717, 1.165) is 19.4 Å². The molecule has 1 atom stereocenters. The van der Waals surface area contributed by atoms with Crippen LogP contribution in [-0.4, -0.2) is 12.7 Å². The molecule has 1 aliphatic carbocycles. The lowest BCUT2D eigenvalue weighted by molar-refractivity contribution is 0.354. The monoisotopic (exact) mass is 109 g/mol. The summed E-state index contributed by atoms with van der Waals surface area (Å²) < 4.78 is 5.00. The minimum atomic E-state index is -0.0139. The van der Waals surface area contributed by atoms with Gasteiger partial charge in [0.2, 0.25) is 0 Å². The topological polar surface area (TPSA) is 36.3 Å². The SMILES string of the molecule is N#CC1(C2CO2)CC1. The summed E-state index contributed by atoms with van der Waals surface area (Å²) in [4.78, 5) is 0. The molecule has 1 saturated heterocycles. The number of nitrogens with zero attached hydrogens (tertiary/aromatic N) is 1. The first-order valence-corrected chi connectivity index (χ1v) is 2.90. The van der Waals surface area contributed by atoms with E-state index in [9.17, 15) is 0 Å². The minimum Gasteiger partial charge on any atom is -0.371 e. The van der Waals surface area contributed by atoms with E-state index < -0.39 is 0 Å². The number of nitriles is 1. The molecule has 1 saturated carbocycles. The number of hydrogen-bond donors (Lipinski definition) is 0. The molecule has 0 amide bonds. The molecule has 8 heavy (non-hydrogen) atoms. The minimum absolute atomic E-state index is 0.0139. The smallest absolute Gasteiger partial charge is 0.0995 e.